The van der Waals surface area contributed by atoms with Crippen molar-refractivity contribution in [2.24, 2.45) is 5.92 Å². The Kier molecular flexibility index (Phi) is 5.05. The van der Waals surface area contributed by atoms with Gasteiger partial charge < -0.3 is 10.1 Å². The number of nitrogens with one attached hydrogen (secondary N) is 1. The largest absolute Gasteiger partial charge is 0.383 e. The summed E-state index contributed by atoms with van der Waals surface area (Å²) >= 11 is 0. The van der Waals surface area contributed by atoms with Gasteiger partial charge in [0.05, 0.1) is 6.61 Å². The Labute approximate surface area is 112 Å². The van der Waals surface area contributed by atoms with Crippen molar-refractivity contribution < 1.29 is 4.74 Å². The van der Waals surface area contributed by atoms with Crippen LogP contribution in [-0.2, 0) is 4.74 Å². The van der Waals surface area contributed by atoms with E-state index in [1.165, 1.54) is 45.2 Å². The first kappa shape index (κ1) is 14.3. The first-order chi connectivity index (χ1) is 8.72. The van der Waals surface area contributed by atoms with Gasteiger partial charge in [-0.15, -0.1) is 0 Å². The first-order valence-corrected chi connectivity index (χ1v) is 7.69. The molecule has 1 spiro atoms. The molecule has 0 amide bonds. The van der Waals surface area contributed by atoms with Crippen LogP contribution in [0.2, 0.25) is 0 Å². The molecule has 2 rings (SSSR count). The Morgan fingerprint density at radius 1 is 1.39 bits per heavy atom. The van der Waals surface area contributed by atoms with Gasteiger partial charge >= 0.3 is 0 Å². The average Bonchev–Trinajstić information content (AvgIpc) is 2.86. The quantitative estimate of drug-likeness (QED) is 0.814. The maximum Gasteiger partial charge on any atom is 0.0589 e. The molecular weight excluding hydrogens is 224 g/mol. The number of piperazine rings is 1. The molecule has 1 aliphatic carbocycles. The van der Waals surface area contributed by atoms with Crippen molar-refractivity contribution in [3.8, 4) is 0 Å². The summed E-state index contributed by atoms with van der Waals surface area (Å²) < 4.78 is 5.31. The van der Waals surface area contributed by atoms with E-state index in [0.717, 1.165) is 19.1 Å². The zero-order valence-corrected chi connectivity index (χ0v) is 12.4. The molecule has 0 radical (unpaired) electrons. The smallest absolute Gasteiger partial charge is 0.0589 e. The summed E-state index contributed by atoms with van der Waals surface area (Å²) in [7, 11) is 1.82. The van der Waals surface area contributed by atoms with E-state index in [1.54, 1.807) is 0 Å². The number of hydrogen-bond donors (Lipinski definition) is 1. The van der Waals surface area contributed by atoms with Crippen LogP contribution in [0.25, 0.3) is 0 Å². The van der Waals surface area contributed by atoms with E-state index in [0.29, 0.717) is 11.6 Å². The first-order valence-electron chi connectivity index (χ1n) is 7.69. The molecule has 2 fully saturated rings. The van der Waals surface area contributed by atoms with Crippen LogP contribution >= 0.6 is 0 Å². The minimum atomic E-state index is 0.447. The summed E-state index contributed by atoms with van der Waals surface area (Å²) in [5.41, 5.74) is 0.447. The maximum atomic E-state index is 5.31. The van der Waals surface area contributed by atoms with Crippen LogP contribution in [0, 0.1) is 5.92 Å². The van der Waals surface area contributed by atoms with Gasteiger partial charge in [-0.3, -0.25) is 4.90 Å². The van der Waals surface area contributed by atoms with Gasteiger partial charge in [0.15, 0.2) is 0 Å². The van der Waals surface area contributed by atoms with Crippen molar-refractivity contribution in [2.45, 2.75) is 57.5 Å². The van der Waals surface area contributed by atoms with E-state index in [9.17, 15) is 0 Å². The molecule has 1 aliphatic heterocycles. The second-order valence-corrected chi connectivity index (χ2v) is 6.24. The van der Waals surface area contributed by atoms with Gasteiger partial charge in [0.2, 0.25) is 0 Å². The maximum absolute atomic E-state index is 5.31. The van der Waals surface area contributed by atoms with Crippen LogP contribution in [0.3, 0.4) is 0 Å². The summed E-state index contributed by atoms with van der Waals surface area (Å²) in [5, 5.41) is 3.83. The molecule has 3 heteroatoms. The highest BCUT2D eigenvalue weighted by atomic mass is 16.5. The molecule has 106 valence electrons. The normalized spacial score (nSPS) is 29.8. The van der Waals surface area contributed by atoms with Gasteiger partial charge in [-0.2, -0.15) is 0 Å². The van der Waals surface area contributed by atoms with Crippen LogP contribution in [0.15, 0.2) is 0 Å². The molecule has 2 atom stereocenters. The highest BCUT2D eigenvalue weighted by molar-refractivity contribution is 5.02. The molecule has 1 saturated heterocycles. The SMILES string of the molecule is CCC(C)C1CN(CCOC)C2(CCCC2)CN1. The van der Waals surface area contributed by atoms with Crippen molar-refractivity contribution in [3.63, 3.8) is 0 Å². The zero-order valence-electron chi connectivity index (χ0n) is 12.4. The zero-order chi connectivity index (χ0) is 13.0. The van der Waals surface area contributed by atoms with E-state index in [1.807, 2.05) is 7.11 Å². The van der Waals surface area contributed by atoms with Crippen LogP contribution in [0.4, 0.5) is 0 Å². The second kappa shape index (κ2) is 6.36. The molecule has 1 N–H and O–H groups in total. The van der Waals surface area contributed by atoms with Crippen molar-refractivity contribution in [1.82, 2.24) is 10.2 Å². The molecule has 1 saturated carbocycles. The lowest BCUT2D eigenvalue weighted by molar-refractivity contribution is 0.0121. The van der Waals surface area contributed by atoms with Gasteiger partial charge in [-0.05, 0) is 18.8 Å². The topological polar surface area (TPSA) is 24.5 Å². The van der Waals surface area contributed by atoms with Crippen LogP contribution in [-0.4, -0.2) is 49.8 Å². The molecular formula is C15H30N2O. The Morgan fingerprint density at radius 2 is 2.11 bits per heavy atom. The molecule has 0 aromatic heterocycles. The molecule has 0 aromatic rings. The Morgan fingerprint density at radius 3 is 2.72 bits per heavy atom. The predicted molar refractivity (Wildman–Crippen MR) is 75.9 cm³/mol. The van der Waals surface area contributed by atoms with E-state index in [2.05, 4.69) is 24.1 Å². The third-order valence-electron chi connectivity index (χ3n) is 5.21. The van der Waals surface area contributed by atoms with Gasteiger partial charge in [0, 0.05) is 38.3 Å². The van der Waals surface area contributed by atoms with Gasteiger partial charge in [0.25, 0.3) is 0 Å². The van der Waals surface area contributed by atoms with Gasteiger partial charge in [0.1, 0.15) is 0 Å². The van der Waals surface area contributed by atoms with E-state index in [4.69, 9.17) is 4.74 Å². The number of nitrogens with zero attached hydrogens (tertiary/aromatic N) is 1. The lowest BCUT2D eigenvalue weighted by Crippen LogP contribution is -2.65. The predicted octanol–water partition coefficient (Wildman–Crippen LogP) is 2.27. The fourth-order valence-corrected chi connectivity index (χ4v) is 3.65. The number of ether oxygens (including phenoxy) is 1. The fraction of sp³-hybridized carbons (Fsp3) is 1.00. The van der Waals surface area contributed by atoms with E-state index in [-0.39, 0.29) is 0 Å². The summed E-state index contributed by atoms with van der Waals surface area (Å²) in [6.07, 6.45) is 6.81. The minimum absolute atomic E-state index is 0.447. The van der Waals surface area contributed by atoms with Crippen LogP contribution in [0.1, 0.15) is 46.0 Å². The summed E-state index contributed by atoms with van der Waals surface area (Å²) in [5.74, 6) is 0.772. The molecule has 3 nitrogen and oxygen atoms in total. The molecule has 2 unspecified atom stereocenters. The minimum Gasteiger partial charge on any atom is -0.383 e. The Bertz CT molecular complexity index is 251. The molecule has 0 bridgehead atoms. The number of methoxy groups -OCH3 is 1. The van der Waals surface area contributed by atoms with E-state index >= 15 is 0 Å². The molecule has 1 heterocycles. The lowest BCUT2D eigenvalue weighted by Gasteiger charge is -2.49. The van der Waals surface area contributed by atoms with Crippen molar-refractivity contribution in [1.29, 1.82) is 0 Å². The highest BCUT2D eigenvalue weighted by Gasteiger charge is 2.43. The summed E-state index contributed by atoms with van der Waals surface area (Å²) in [4.78, 5) is 2.73. The third-order valence-corrected chi connectivity index (χ3v) is 5.21. The summed E-state index contributed by atoms with van der Waals surface area (Å²) in [6, 6.07) is 0.665. The second-order valence-electron chi connectivity index (χ2n) is 6.24. The average molecular weight is 254 g/mol. The van der Waals surface area contributed by atoms with E-state index < -0.39 is 0 Å². The Hall–Kier alpha value is -0.120. The monoisotopic (exact) mass is 254 g/mol. The van der Waals surface area contributed by atoms with Crippen LogP contribution in [0.5, 0.6) is 0 Å². The summed E-state index contributed by atoms with van der Waals surface area (Å²) in [6.45, 7) is 9.04. The fourth-order valence-electron chi connectivity index (χ4n) is 3.65. The van der Waals surface area contributed by atoms with Crippen molar-refractivity contribution >= 4 is 0 Å². The van der Waals surface area contributed by atoms with Gasteiger partial charge in [-0.25, -0.2) is 0 Å². The van der Waals surface area contributed by atoms with Gasteiger partial charge in [-0.1, -0.05) is 33.1 Å². The van der Waals surface area contributed by atoms with Crippen molar-refractivity contribution in [2.75, 3.05) is 33.4 Å². The lowest BCUT2D eigenvalue weighted by atomic mass is 9.87. The van der Waals surface area contributed by atoms with Crippen molar-refractivity contribution in [3.05, 3.63) is 0 Å². The third kappa shape index (κ3) is 2.89. The van der Waals surface area contributed by atoms with Crippen LogP contribution < -0.4 is 5.32 Å². The number of rotatable bonds is 5. The Balaban J connectivity index is 2.00. The molecule has 0 aromatic carbocycles. The molecule has 2 aliphatic rings. The highest BCUT2D eigenvalue weighted by Crippen LogP contribution is 2.37. The number of hydrogen-bond acceptors (Lipinski definition) is 3. The molecule has 18 heavy (non-hydrogen) atoms. The standard InChI is InChI=1S/C15H30N2O/c1-4-13(2)14-11-17(9-10-18-3)15(12-16-14)7-5-6-8-15/h13-14,16H,4-12H2,1-3H3.